The minimum Gasteiger partial charge on any atom is -0.496 e. The molecule has 0 spiro atoms. The standard InChI is InChI=1S/C13H18N2O3/c1-9(11-5-3-4-6-12(11)18-2)15-7-10(8-15)14-13(16)17/h3-6,9-10,14H,7-8H2,1-2H3,(H,16,17)/t9-/m0/s1. The van der Waals surface area contributed by atoms with Gasteiger partial charge in [0, 0.05) is 24.7 Å². The van der Waals surface area contributed by atoms with Crippen LogP contribution >= 0.6 is 0 Å². The number of amides is 1. The number of methoxy groups -OCH3 is 1. The van der Waals surface area contributed by atoms with Crippen molar-refractivity contribution in [3.63, 3.8) is 0 Å². The topological polar surface area (TPSA) is 61.8 Å². The summed E-state index contributed by atoms with van der Waals surface area (Å²) >= 11 is 0. The zero-order valence-corrected chi connectivity index (χ0v) is 10.6. The second-order valence-electron chi connectivity index (χ2n) is 4.52. The van der Waals surface area contributed by atoms with Crippen molar-refractivity contribution in [2.24, 2.45) is 0 Å². The lowest BCUT2D eigenvalue weighted by atomic mass is 10.00. The maximum atomic E-state index is 10.5. The van der Waals surface area contributed by atoms with E-state index in [1.54, 1.807) is 7.11 Å². The second-order valence-corrected chi connectivity index (χ2v) is 4.52. The molecule has 0 saturated carbocycles. The third kappa shape index (κ3) is 2.56. The van der Waals surface area contributed by atoms with Crippen molar-refractivity contribution in [1.29, 1.82) is 0 Å². The van der Waals surface area contributed by atoms with Crippen LogP contribution in [0.1, 0.15) is 18.5 Å². The Bertz CT molecular complexity index is 430. The molecule has 0 radical (unpaired) electrons. The maximum absolute atomic E-state index is 10.5. The minimum atomic E-state index is -0.954. The molecule has 1 aromatic rings. The minimum absolute atomic E-state index is 0.0413. The molecule has 0 aliphatic carbocycles. The van der Waals surface area contributed by atoms with E-state index in [-0.39, 0.29) is 12.1 Å². The first-order valence-corrected chi connectivity index (χ1v) is 5.98. The predicted octanol–water partition coefficient (Wildman–Crippen LogP) is 1.71. The first-order chi connectivity index (χ1) is 8.61. The van der Waals surface area contributed by atoms with Gasteiger partial charge in [-0.05, 0) is 13.0 Å². The number of likely N-dealkylation sites (tertiary alicyclic amines) is 1. The van der Waals surface area contributed by atoms with Gasteiger partial charge in [-0.25, -0.2) is 4.79 Å². The van der Waals surface area contributed by atoms with Crippen molar-refractivity contribution < 1.29 is 14.6 Å². The molecule has 0 unspecified atom stereocenters. The van der Waals surface area contributed by atoms with Crippen molar-refractivity contribution in [3.05, 3.63) is 29.8 Å². The molecule has 1 aromatic carbocycles. The van der Waals surface area contributed by atoms with Gasteiger partial charge in [0.25, 0.3) is 0 Å². The molecule has 98 valence electrons. The molecular weight excluding hydrogens is 232 g/mol. The summed E-state index contributed by atoms with van der Waals surface area (Å²) in [4.78, 5) is 12.7. The van der Waals surface area contributed by atoms with Gasteiger partial charge in [-0.3, -0.25) is 4.90 Å². The summed E-state index contributed by atoms with van der Waals surface area (Å²) in [6.07, 6.45) is -0.954. The number of nitrogens with zero attached hydrogens (tertiary/aromatic N) is 1. The molecule has 1 atom stereocenters. The van der Waals surface area contributed by atoms with Crippen molar-refractivity contribution >= 4 is 6.09 Å². The van der Waals surface area contributed by atoms with E-state index in [1.165, 1.54) is 0 Å². The Hall–Kier alpha value is -1.75. The average molecular weight is 250 g/mol. The van der Waals surface area contributed by atoms with E-state index in [4.69, 9.17) is 9.84 Å². The van der Waals surface area contributed by atoms with Gasteiger partial charge in [0.2, 0.25) is 0 Å². The Morgan fingerprint density at radius 2 is 2.17 bits per heavy atom. The highest BCUT2D eigenvalue weighted by atomic mass is 16.5. The highest BCUT2D eigenvalue weighted by molar-refractivity contribution is 5.65. The van der Waals surface area contributed by atoms with Crippen LogP contribution in [0.2, 0.25) is 0 Å². The lowest BCUT2D eigenvalue weighted by Gasteiger charge is -2.43. The lowest BCUT2D eigenvalue weighted by Crippen LogP contribution is -2.59. The Kier molecular flexibility index (Phi) is 3.72. The smallest absolute Gasteiger partial charge is 0.404 e. The summed E-state index contributed by atoms with van der Waals surface area (Å²) in [6.45, 7) is 3.59. The third-order valence-electron chi connectivity index (χ3n) is 3.37. The number of benzene rings is 1. The van der Waals surface area contributed by atoms with Gasteiger partial charge in [-0.15, -0.1) is 0 Å². The first kappa shape index (κ1) is 12.7. The van der Waals surface area contributed by atoms with Gasteiger partial charge < -0.3 is 15.2 Å². The van der Waals surface area contributed by atoms with Crippen LogP contribution in [0.3, 0.4) is 0 Å². The Morgan fingerprint density at radius 3 is 2.78 bits per heavy atom. The number of para-hydroxylation sites is 1. The summed E-state index contributed by atoms with van der Waals surface area (Å²) in [5, 5.41) is 11.1. The van der Waals surface area contributed by atoms with Crippen LogP contribution in [0.15, 0.2) is 24.3 Å². The van der Waals surface area contributed by atoms with Crippen LogP contribution in [0.4, 0.5) is 4.79 Å². The fourth-order valence-electron chi connectivity index (χ4n) is 2.30. The van der Waals surface area contributed by atoms with Crippen LogP contribution < -0.4 is 10.1 Å². The molecule has 1 heterocycles. The van der Waals surface area contributed by atoms with Gasteiger partial charge in [-0.2, -0.15) is 0 Å². The Morgan fingerprint density at radius 1 is 1.50 bits per heavy atom. The van der Waals surface area contributed by atoms with Gasteiger partial charge in [-0.1, -0.05) is 18.2 Å². The summed E-state index contributed by atoms with van der Waals surface area (Å²) < 4.78 is 5.34. The molecule has 0 bridgehead atoms. The normalized spacial score (nSPS) is 17.9. The summed E-state index contributed by atoms with van der Waals surface area (Å²) in [5.41, 5.74) is 1.13. The number of carbonyl (C=O) groups is 1. The summed E-state index contributed by atoms with van der Waals surface area (Å²) in [5.74, 6) is 0.875. The fourth-order valence-corrected chi connectivity index (χ4v) is 2.30. The largest absolute Gasteiger partial charge is 0.496 e. The third-order valence-corrected chi connectivity index (χ3v) is 3.37. The van der Waals surface area contributed by atoms with E-state index >= 15 is 0 Å². The van der Waals surface area contributed by atoms with E-state index in [9.17, 15) is 4.79 Å². The Balaban J connectivity index is 1.97. The molecule has 1 amide bonds. The molecular formula is C13H18N2O3. The molecule has 5 nitrogen and oxygen atoms in total. The lowest BCUT2D eigenvalue weighted by molar-refractivity contribution is 0.0804. The van der Waals surface area contributed by atoms with E-state index in [1.807, 2.05) is 24.3 Å². The van der Waals surface area contributed by atoms with E-state index in [2.05, 4.69) is 17.1 Å². The molecule has 1 aliphatic rings. The van der Waals surface area contributed by atoms with Gasteiger partial charge in [0.15, 0.2) is 0 Å². The zero-order valence-electron chi connectivity index (χ0n) is 10.6. The van der Waals surface area contributed by atoms with Gasteiger partial charge >= 0.3 is 6.09 Å². The molecule has 2 rings (SSSR count). The quantitative estimate of drug-likeness (QED) is 0.854. The van der Waals surface area contributed by atoms with Crippen LogP contribution in [-0.2, 0) is 0 Å². The zero-order chi connectivity index (χ0) is 13.1. The fraction of sp³-hybridized carbons (Fsp3) is 0.462. The molecule has 0 aromatic heterocycles. The van der Waals surface area contributed by atoms with Crippen molar-refractivity contribution in [3.8, 4) is 5.75 Å². The van der Waals surface area contributed by atoms with Crippen LogP contribution in [-0.4, -0.2) is 42.3 Å². The van der Waals surface area contributed by atoms with Gasteiger partial charge in [0.1, 0.15) is 5.75 Å². The number of rotatable bonds is 4. The van der Waals surface area contributed by atoms with Crippen LogP contribution in [0.25, 0.3) is 0 Å². The second kappa shape index (κ2) is 5.27. The highest BCUT2D eigenvalue weighted by Gasteiger charge is 2.32. The average Bonchev–Trinajstić information content (AvgIpc) is 2.32. The molecule has 18 heavy (non-hydrogen) atoms. The summed E-state index contributed by atoms with van der Waals surface area (Å²) in [6, 6.07) is 8.19. The first-order valence-electron chi connectivity index (χ1n) is 5.98. The molecule has 2 N–H and O–H groups in total. The van der Waals surface area contributed by atoms with Crippen molar-refractivity contribution in [2.45, 2.75) is 19.0 Å². The van der Waals surface area contributed by atoms with Crippen LogP contribution in [0.5, 0.6) is 5.75 Å². The number of hydrogen-bond acceptors (Lipinski definition) is 3. The molecule has 1 aliphatic heterocycles. The Labute approximate surface area is 106 Å². The van der Waals surface area contributed by atoms with E-state index < -0.39 is 6.09 Å². The molecule has 1 fully saturated rings. The van der Waals surface area contributed by atoms with Crippen LogP contribution in [0, 0.1) is 0 Å². The van der Waals surface area contributed by atoms with Gasteiger partial charge in [0.05, 0.1) is 13.2 Å². The molecule has 5 heteroatoms. The number of ether oxygens (including phenoxy) is 1. The number of carboxylic acid groups (broad SMARTS) is 1. The van der Waals surface area contributed by atoms with E-state index in [0.29, 0.717) is 0 Å². The van der Waals surface area contributed by atoms with Crippen molar-refractivity contribution in [2.75, 3.05) is 20.2 Å². The van der Waals surface area contributed by atoms with E-state index in [0.717, 1.165) is 24.4 Å². The SMILES string of the molecule is COc1ccccc1[C@H](C)N1CC(NC(=O)O)C1. The molecule has 1 saturated heterocycles. The maximum Gasteiger partial charge on any atom is 0.404 e. The highest BCUT2D eigenvalue weighted by Crippen LogP contribution is 2.31. The number of hydrogen-bond donors (Lipinski definition) is 2. The summed E-state index contributed by atoms with van der Waals surface area (Å²) in [7, 11) is 1.66. The predicted molar refractivity (Wildman–Crippen MR) is 67.9 cm³/mol. The van der Waals surface area contributed by atoms with Crippen molar-refractivity contribution in [1.82, 2.24) is 10.2 Å². The number of nitrogens with one attached hydrogen (secondary N) is 1. The monoisotopic (exact) mass is 250 g/mol.